The monoisotopic (exact) mass is 237 g/mol. The summed E-state index contributed by atoms with van der Waals surface area (Å²) in [7, 11) is 0. The number of H-pyrrole nitrogens is 1. The molecule has 0 spiro atoms. The number of hydrogen-bond acceptors (Lipinski definition) is 3. The Balaban J connectivity index is 2.66. The standard InChI is InChI=1S/C11H15N3O3/c1-3-8(12-4-2)10(15)14-7-5-9(11(16)17)13-6-7/h4-6,8,12-13H,2-3H2,1H3,(H,14,15)(H,16,17). The highest BCUT2D eigenvalue weighted by molar-refractivity contribution is 5.96. The molecule has 0 aliphatic rings. The number of aromatic amines is 1. The molecule has 0 fully saturated rings. The predicted molar refractivity (Wildman–Crippen MR) is 63.8 cm³/mol. The van der Waals surface area contributed by atoms with Gasteiger partial charge in [0, 0.05) is 6.20 Å². The number of carbonyl (C=O) groups is 2. The molecule has 17 heavy (non-hydrogen) atoms. The number of aromatic carboxylic acids is 1. The zero-order chi connectivity index (χ0) is 12.8. The van der Waals surface area contributed by atoms with Crippen LogP contribution in [0.4, 0.5) is 5.69 Å². The Morgan fingerprint density at radius 2 is 2.35 bits per heavy atom. The van der Waals surface area contributed by atoms with Crippen molar-refractivity contribution in [3.8, 4) is 0 Å². The Labute approximate surface area is 98.7 Å². The van der Waals surface area contributed by atoms with Crippen LogP contribution in [0.2, 0.25) is 0 Å². The lowest BCUT2D eigenvalue weighted by atomic mass is 10.2. The van der Waals surface area contributed by atoms with Crippen LogP contribution < -0.4 is 10.6 Å². The van der Waals surface area contributed by atoms with Crippen molar-refractivity contribution in [2.24, 2.45) is 0 Å². The van der Waals surface area contributed by atoms with Crippen molar-refractivity contribution < 1.29 is 14.7 Å². The second-order valence-corrected chi connectivity index (χ2v) is 3.43. The summed E-state index contributed by atoms with van der Waals surface area (Å²) in [5.41, 5.74) is 0.460. The van der Waals surface area contributed by atoms with Gasteiger partial charge >= 0.3 is 5.97 Å². The topological polar surface area (TPSA) is 94.2 Å². The molecule has 0 aromatic carbocycles. The molecule has 92 valence electrons. The lowest BCUT2D eigenvalue weighted by Gasteiger charge is -2.13. The number of rotatable bonds is 6. The summed E-state index contributed by atoms with van der Waals surface area (Å²) in [6.45, 7) is 5.35. The number of anilines is 1. The van der Waals surface area contributed by atoms with Gasteiger partial charge in [0.2, 0.25) is 5.91 Å². The van der Waals surface area contributed by atoms with Crippen molar-refractivity contribution in [3.63, 3.8) is 0 Å². The van der Waals surface area contributed by atoms with Crippen molar-refractivity contribution >= 4 is 17.6 Å². The molecule has 0 saturated heterocycles. The van der Waals surface area contributed by atoms with E-state index in [1.807, 2.05) is 6.92 Å². The number of nitrogens with one attached hydrogen (secondary N) is 3. The maximum absolute atomic E-state index is 11.7. The first-order valence-electron chi connectivity index (χ1n) is 5.18. The van der Waals surface area contributed by atoms with Crippen molar-refractivity contribution in [2.75, 3.05) is 5.32 Å². The molecule has 1 aromatic heterocycles. The van der Waals surface area contributed by atoms with E-state index >= 15 is 0 Å². The molecule has 1 heterocycles. The number of carboxylic acid groups (broad SMARTS) is 1. The lowest BCUT2D eigenvalue weighted by molar-refractivity contribution is -0.118. The van der Waals surface area contributed by atoms with Gasteiger partial charge in [0.15, 0.2) is 0 Å². The molecule has 1 rings (SSSR count). The summed E-state index contributed by atoms with van der Waals surface area (Å²) < 4.78 is 0. The second kappa shape index (κ2) is 5.74. The van der Waals surface area contributed by atoms with E-state index in [4.69, 9.17) is 5.11 Å². The molecule has 0 radical (unpaired) electrons. The van der Waals surface area contributed by atoms with E-state index in [9.17, 15) is 9.59 Å². The van der Waals surface area contributed by atoms with Crippen LogP contribution in [0.5, 0.6) is 0 Å². The Kier molecular flexibility index (Phi) is 4.33. The fourth-order valence-electron chi connectivity index (χ4n) is 1.34. The summed E-state index contributed by atoms with van der Waals surface area (Å²) in [6.07, 6.45) is 3.49. The quantitative estimate of drug-likeness (QED) is 0.597. The minimum atomic E-state index is -1.07. The third-order valence-corrected chi connectivity index (χ3v) is 2.22. The molecule has 6 nitrogen and oxygen atoms in total. The highest BCUT2D eigenvalue weighted by Gasteiger charge is 2.15. The van der Waals surface area contributed by atoms with E-state index in [1.165, 1.54) is 18.5 Å². The lowest BCUT2D eigenvalue weighted by Crippen LogP contribution is -2.36. The smallest absolute Gasteiger partial charge is 0.352 e. The minimum absolute atomic E-state index is 0.0324. The fraction of sp³-hybridized carbons (Fsp3) is 0.273. The van der Waals surface area contributed by atoms with Crippen LogP contribution in [0.1, 0.15) is 23.8 Å². The van der Waals surface area contributed by atoms with E-state index in [0.29, 0.717) is 12.1 Å². The van der Waals surface area contributed by atoms with Gasteiger partial charge in [-0.25, -0.2) is 4.79 Å². The van der Waals surface area contributed by atoms with Crippen molar-refractivity contribution in [3.05, 3.63) is 30.7 Å². The largest absolute Gasteiger partial charge is 0.477 e. The van der Waals surface area contributed by atoms with Gasteiger partial charge in [0.05, 0.1) is 5.69 Å². The van der Waals surface area contributed by atoms with Gasteiger partial charge in [-0.05, 0) is 18.7 Å². The van der Waals surface area contributed by atoms with Gasteiger partial charge in [-0.2, -0.15) is 0 Å². The molecule has 0 aliphatic heterocycles. The third kappa shape index (κ3) is 3.37. The Morgan fingerprint density at radius 3 is 2.82 bits per heavy atom. The molecule has 1 amide bonds. The summed E-state index contributed by atoms with van der Waals surface area (Å²) in [5, 5.41) is 14.1. The highest BCUT2D eigenvalue weighted by atomic mass is 16.4. The first kappa shape index (κ1) is 12.8. The Morgan fingerprint density at radius 1 is 1.65 bits per heavy atom. The van der Waals surface area contributed by atoms with Crippen LogP contribution in [-0.2, 0) is 4.79 Å². The summed E-state index contributed by atoms with van der Waals surface area (Å²) in [5.74, 6) is -1.30. The Bertz CT molecular complexity index is 425. The van der Waals surface area contributed by atoms with E-state index in [1.54, 1.807) is 0 Å². The van der Waals surface area contributed by atoms with Crippen LogP contribution in [0.3, 0.4) is 0 Å². The van der Waals surface area contributed by atoms with Crippen molar-refractivity contribution in [1.29, 1.82) is 0 Å². The summed E-state index contributed by atoms with van der Waals surface area (Å²) in [6, 6.07) is 0.983. The highest BCUT2D eigenvalue weighted by Crippen LogP contribution is 2.10. The SMILES string of the molecule is C=CNC(CC)C(=O)Nc1c[nH]c(C(=O)O)c1. The van der Waals surface area contributed by atoms with Gasteiger partial charge in [0.25, 0.3) is 0 Å². The van der Waals surface area contributed by atoms with Crippen LogP contribution in [0.15, 0.2) is 25.0 Å². The first-order valence-corrected chi connectivity index (χ1v) is 5.18. The molecule has 0 bridgehead atoms. The zero-order valence-corrected chi connectivity index (χ0v) is 9.49. The van der Waals surface area contributed by atoms with Gasteiger partial charge in [-0.1, -0.05) is 13.5 Å². The molecular formula is C11H15N3O3. The maximum Gasteiger partial charge on any atom is 0.352 e. The zero-order valence-electron chi connectivity index (χ0n) is 9.49. The molecule has 4 N–H and O–H groups in total. The first-order chi connectivity index (χ1) is 8.08. The fourth-order valence-corrected chi connectivity index (χ4v) is 1.34. The van der Waals surface area contributed by atoms with Gasteiger partial charge in [0.1, 0.15) is 11.7 Å². The molecule has 1 atom stereocenters. The molecule has 1 unspecified atom stereocenters. The van der Waals surface area contributed by atoms with E-state index in [0.717, 1.165) is 0 Å². The van der Waals surface area contributed by atoms with E-state index in [2.05, 4.69) is 22.2 Å². The Hall–Kier alpha value is -2.24. The molecule has 6 heteroatoms. The normalized spacial score (nSPS) is 11.6. The van der Waals surface area contributed by atoms with Crippen LogP contribution in [0.25, 0.3) is 0 Å². The number of aromatic nitrogens is 1. The number of carboxylic acids is 1. The van der Waals surface area contributed by atoms with E-state index in [-0.39, 0.29) is 17.6 Å². The molecule has 0 aliphatic carbocycles. The van der Waals surface area contributed by atoms with Gasteiger partial charge in [-0.3, -0.25) is 4.79 Å². The van der Waals surface area contributed by atoms with Crippen LogP contribution >= 0.6 is 0 Å². The maximum atomic E-state index is 11.7. The molecular weight excluding hydrogens is 222 g/mol. The number of hydrogen-bond donors (Lipinski definition) is 4. The van der Waals surface area contributed by atoms with Crippen molar-refractivity contribution in [2.45, 2.75) is 19.4 Å². The molecule has 0 saturated carbocycles. The van der Waals surface area contributed by atoms with Crippen molar-refractivity contribution in [1.82, 2.24) is 10.3 Å². The second-order valence-electron chi connectivity index (χ2n) is 3.43. The van der Waals surface area contributed by atoms with Crippen LogP contribution in [0, 0.1) is 0 Å². The van der Waals surface area contributed by atoms with E-state index < -0.39 is 5.97 Å². The number of amides is 1. The third-order valence-electron chi connectivity index (χ3n) is 2.22. The van der Waals surface area contributed by atoms with Crippen LogP contribution in [-0.4, -0.2) is 28.0 Å². The average molecular weight is 237 g/mol. The van der Waals surface area contributed by atoms with Gasteiger partial charge < -0.3 is 20.7 Å². The summed E-state index contributed by atoms with van der Waals surface area (Å²) >= 11 is 0. The average Bonchev–Trinajstić information content (AvgIpc) is 2.74. The van der Waals surface area contributed by atoms with Gasteiger partial charge in [-0.15, -0.1) is 0 Å². The molecule has 1 aromatic rings. The number of carbonyl (C=O) groups excluding carboxylic acids is 1. The predicted octanol–water partition coefficient (Wildman–Crippen LogP) is 1.16. The minimum Gasteiger partial charge on any atom is -0.477 e. The summed E-state index contributed by atoms with van der Waals surface area (Å²) in [4.78, 5) is 24.9.